The van der Waals surface area contributed by atoms with Crippen molar-refractivity contribution in [1.82, 2.24) is 9.47 Å². The highest BCUT2D eigenvalue weighted by Gasteiger charge is 2.11. The third kappa shape index (κ3) is 3.09. The molecule has 0 aromatic carbocycles. The largest absolute Gasteiger partial charge is 0.488 e. The van der Waals surface area contributed by atoms with E-state index in [0.717, 1.165) is 13.1 Å². The van der Waals surface area contributed by atoms with Crippen molar-refractivity contribution in [3.63, 3.8) is 0 Å². The fourth-order valence-corrected chi connectivity index (χ4v) is 2.21. The van der Waals surface area contributed by atoms with Crippen LogP contribution in [0.3, 0.4) is 0 Å². The summed E-state index contributed by atoms with van der Waals surface area (Å²) >= 11 is 0. The Labute approximate surface area is 102 Å². The summed E-state index contributed by atoms with van der Waals surface area (Å²) in [5.41, 5.74) is -0.0199. The average Bonchev–Trinajstić information content (AvgIpc) is 2.83. The first kappa shape index (κ1) is 12.2. The standard InChI is InChI=1S/C13H20N2O2/c1-2-17-12-6-5-9-15(13(12)16)11-10-14-7-3-4-8-14/h5-6,9H,2-4,7-8,10-11H2,1H3. The van der Waals surface area contributed by atoms with Crippen molar-refractivity contribution in [2.45, 2.75) is 26.3 Å². The number of hydrogen-bond donors (Lipinski definition) is 0. The van der Waals surface area contributed by atoms with Gasteiger partial charge in [0.25, 0.3) is 5.56 Å². The highest BCUT2D eigenvalue weighted by molar-refractivity contribution is 5.17. The van der Waals surface area contributed by atoms with Gasteiger partial charge < -0.3 is 14.2 Å². The Morgan fingerprint density at radius 2 is 2.06 bits per heavy atom. The number of likely N-dealkylation sites (tertiary alicyclic amines) is 1. The van der Waals surface area contributed by atoms with Gasteiger partial charge in [-0.05, 0) is 45.0 Å². The Hall–Kier alpha value is -1.29. The number of ether oxygens (including phenoxy) is 1. The first-order chi connectivity index (χ1) is 8.31. The van der Waals surface area contributed by atoms with Gasteiger partial charge >= 0.3 is 0 Å². The van der Waals surface area contributed by atoms with E-state index < -0.39 is 0 Å². The zero-order chi connectivity index (χ0) is 12.1. The minimum absolute atomic E-state index is 0.0199. The van der Waals surface area contributed by atoms with Crippen LogP contribution in [-0.2, 0) is 6.54 Å². The van der Waals surface area contributed by atoms with Gasteiger partial charge in [0.05, 0.1) is 6.61 Å². The van der Waals surface area contributed by atoms with Crippen molar-refractivity contribution in [1.29, 1.82) is 0 Å². The van der Waals surface area contributed by atoms with Crippen LogP contribution in [-0.4, -0.2) is 35.7 Å². The highest BCUT2D eigenvalue weighted by Crippen LogP contribution is 2.07. The predicted octanol–water partition coefficient (Wildman–Crippen LogP) is 1.34. The normalized spacial score (nSPS) is 16.3. The minimum Gasteiger partial charge on any atom is -0.488 e. The Kier molecular flexibility index (Phi) is 4.20. The molecule has 1 aromatic heterocycles. The average molecular weight is 236 g/mol. The molecular weight excluding hydrogens is 216 g/mol. The quantitative estimate of drug-likeness (QED) is 0.774. The number of rotatable bonds is 5. The molecule has 17 heavy (non-hydrogen) atoms. The molecular formula is C13H20N2O2. The second kappa shape index (κ2) is 5.87. The maximum absolute atomic E-state index is 12.0. The Morgan fingerprint density at radius 3 is 2.76 bits per heavy atom. The van der Waals surface area contributed by atoms with Crippen LogP contribution >= 0.6 is 0 Å². The SMILES string of the molecule is CCOc1cccn(CCN2CCCC2)c1=O. The van der Waals surface area contributed by atoms with E-state index in [9.17, 15) is 4.79 Å². The molecule has 1 aliphatic heterocycles. The van der Waals surface area contributed by atoms with Crippen molar-refractivity contribution < 1.29 is 4.74 Å². The fraction of sp³-hybridized carbons (Fsp3) is 0.615. The predicted molar refractivity (Wildman–Crippen MR) is 67.5 cm³/mol. The van der Waals surface area contributed by atoms with Crippen LogP contribution in [0.25, 0.3) is 0 Å². The molecule has 0 atom stereocenters. The van der Waals surface area contributed by atoms with E-state index in [-0.39, 0.29) is 5.56 Å². The maximum Gasteiger partial charge on any atom is 0.292 e. The lowest BCUT2D eigenvalue weighted by molar-refractivity contribution is 0.311. The molecule has 1 saturated heterocycles. The van der Waals surface area contributed by atoms with Crippen molar-refractivity contribution in [2.75, 3.05) is 26.2 Å². The molecule has 0 N–H and O–H groups in total. The van der Waals surface area contributed by atoms with Gasteiger partial charge in [-0.3, -0.25) is 4.79 Å². The summed E-state index contributed by atoms with van der Waals surface area (Å²) in [7, 11) is 0. The van der Waals surface area contributed by atoms with Crippen LogP contribution in [0.1, 0.15) is 19.8 Å². The summed E-state index contributed by atoms with van der Waals surface area (Å²) in [6.45, 7) is 6.46. The lowest BCUT2D eigenvalue weighted by atomic mass is 10.4. The molecule has 1 aliphatic rings. The van der Waals surface area contributed by atoms with Gasteiger partial charge in [-0.25, -0.2) is 0 Å². The molecule has 2 heterocycles. The summed E-state index contributed by atoms with van der Waals surface area (Å²) in [6, 6.07) is 3.61. The van der Waals surface area contributed by atoms with Gasteiger partial charge in [-0.2, -0.15) is 0 Å². The van der Waals surface area contributed by atoms with Crippen molar-refractivity contribution in [3.8, 4) is 5.75 Å². The molecule has 0 radical (unpaired) electrons. The van der Waals surface area contributed by atoms with E-state index in [4.69, 9.17) is 4.74 Å². The van der Waals surface area contributed by atoms with Gasteiger partial charge in [0.2, 0.25) is 0 Å². The van der Waals surface area contributed by atoms with Gasteiger partial charge in [-0.15, -0.1) is 0 Å². The van der Waals surface area contributed by atoms with E-state index in [2.05, 4.69) is 4.90 Å². The third-order valence-electron chi connectivity index (χ3n) is 3.14. The van der Waals surface area contributed by atoms with E-state index >= 15 is 0 Å². The Bertz CT molecular complexity index is 408. The van der Waals surface area contributed by atoms with Crippen LogP contribution in [0.15, 0.2) is 23.1 Å². The lowest BCUT2D eigenvalue weighted by Crippen LogP contribution is -2.29. The second-order valence-corrected chi connectivity index (χ2v) is 4.35. The molecule has 0 unspecified atom stereocenters. The number of pyridine rings is 1. The first-order valence-corrected chi connectivity index (χ1v) is 6.36. The smallest absolute Gasteiger partial charge is 0.292 e. The minimum atomic E-state index is -0.0199. The first-order valence-electron chi connectivity index (χ1n) is 6.36. The molecule has 0 amide bonds. The molecule has 2 rings (SSSR count). The molecule has 1 aromatic rings. The molecule has 1 fully saturated rings. The van der Waals surface area contributed by atoms with E-state index in [1.54, 1.807) is 10.6 Å². The lowest BCUT2D eigenvalue weighted by Gasteiger charge is -2.15. The number of nitrogens with zero attached hydrogens (tertiary/aromatic N) is 2. The van der Waals surface area contributed by atoms with Crippen molar-refractivity contribution in [2.24, 2.45) is 0 Å². The van der Waals surface area contributed by atoms with Crippen LogP contribution in [0.4, 0.5) is 0 Å². The van der Waals surface area contributed by atoms with Gasteiger partial charge in [0.15, 0.2) is 5.75 Å². The summed E-state index contributed by atoms with van der Waals surface area (Å²) in [5, 5.41) is 0. The maximum atomic E-state index is 12.0. The number of aromatic nitrogens is 1. The van der Waals surface area contributed by atoms with Crippen LogP contribution in [0, 0.1) is 0 Å². The molecule has 0 spiro atoms. The third-order valence-corrected chi connectivity index (χ3v) is 3.14. The molecule has 94 valence electrons. The van der Waals surface area contributed by atoms with Crippen LogP contribution < -0.4 is 10.3 Å². The zero-order valence-electron chi connectivity index (χ0n) is 10.4. The molecule has 0 bridgehead atoms. The molecule has 4 heteroatoms. The summed E-state index contributed by atoms with van der Waals surface area (Å²) in [6.07, 6.45) is 4.41. The van der Waals surface area contributed by atoms with Gasteiger partial charge in [-0.1, -0.05) is 0 Å². The summed E-state index contributed by atoms with van der Waals surface area (Å²) in [4.78, 5) is 14.4. The fourth-order valence-electron chi connectivity index (χ4n) is 2.21. The van der Waals surface area contributed by atoms with E-state index in [1.165, 1.54) is 25.9 Å². The molecule has 0 saturated carbocycles. The monoisotopic (exact) mass is 236 g/mol. The summed E-state index contributed by atoms with van der Waals surface area (Å²) in [5.74, 6) is 0.455. The van der Waals surface area contributed by atoms with E-state index in [1.807, 2.05) is 19.2 Å². The number of hydrogen-bond acceptors (Lipinski definition) is 3. The van der Waals surface area contributed by atoms with Crippen LogP contribution in [0.5, 0.6) is 5.75 Å². The zero-order valence-corrected chi connectivity index (χ0v) is 10.4. The topological polar surface area (TPSA) is 34.5 Å². The van der Waals surface area contributed by atoms with Gasteiger partial charge in [0, 0.05) is 19.3 Å². The second-order valence-electron chi connectivity index (χ2n) is 4.35. The summed E-state index contributed by atoms with van der Waals surface area (Å²) < 4.78 is 7.04. The van der Waals surface area contributed by atoms with Crippen LogP contribution in [0.2, 0.25) is 0 Å². The van der Waals surface area contributed by atoms with E-state index in [0.29, 0.717) is 12.4 Å². The highest BCUT2D eigenvalue weighted by atomic mass is 16.5. The van der Waals surface area contributed by atoms with Crippen molar-refractivity contribution >= 4 is 0 Å². The molecule has 0 aliphatic carbocycles. The molecule has 4 nitrogen and oxygen atoms in total. The Morgan fingerprint density at radius 1 is 1.29 bits per heavy atom. The Balaban J connectivity index is 1.99. The van der Waals surface area contributed by atoms with Crippen molar-refractivity contribution in [3.05, 3.63) is 28.7 Å². The van der Waals surface area contributed by atoms with Gasteiger partial charge in [0.1, 0.15) is 0 Å².